The minimum atomic E-state index is -5.05. The van der Waals surface area contributed by atoms with Gasteiger partial charge in [0.05, 0.1) is 6.04 Å². The molecule has 1 atom stereocenters. The van der Waals surface area contributed by atoms with Crippen molar-refractivity contribution >= 4 is 29.0 Å². The third kappa shape index (κ3) is 7.12. The van der Waals surface area contributed by atoms with Crippen LogP contribution in [0.4, 0.5) is 13.2 Å². The summed E-state index contributed by atoms with van der Waals surface area (Å²) in [5, 5.41) is 4.92. The van der Waals surface area contributed by atoms with E-state index in [0.717, 1.165) is 0 Å². The van der Waals surface area contributed by atoms with Gasteiger partial charge in [0.15, 0.2) is 0 Å². The summed E-state index contributed by atoms with van der Waals surface area (Å²) in [5.74, 6) is -3.52. The zero-order valence-corrected chi connectivity index (χ0v) is 14.2. The highest BCUT2D eigenvalue weighted by atomic mass is 32.1. The van der Waals surface area contributed by atoms with Gasteiger partial charge >= 0.3 is 18.1 Å². The van der Waals surface area contributed by atoms with E-state index in [1.807, 2.05) is 0 Å². The Labute approximate surface area is 141 Å². The molecule has 1 aromatic rings. The summed E-state index contributed by atoms with van der Waals surface area (Å²) in [6.45, 7) is 4.90. The zero-order valence-electron chi connectivity index (χ0n) is 13.4. The highest BCUT2D eigenvalue weighted by Crippen LogP contribution is 2.24. The first-order valence-electron chi connectivity index (χ1n) is 7.02. The molecule has 0 saturated carbocycles. The molecule has 0 spiro atoms. The Morgan fingerprint density at radius 2 is 1.88 bits per heavy atom. The van der Waals surface area contributed by atoms with E-state index in [0.29, 0.717) is 5.56 Å². The molecule has 1 unspecified atom stereocenters. The molecule has 0 aliphatic rings. The number of Topliss-reactive ketones (excluding diaryl/α,β-unsaturated/α-hetero) is 1. The molecule has 1 amide bonds. The Morgan fingerprint density at radius 3 is 2.33 bits per heavy atom. The number of rotatable bonds is 6. The Morgan fingerprint density at radius 1 is 1.25 bits per heavy atom. The van der Waals surface area contributed by atoms with Gasteiger partial charge in [0.25, 0.3) is 0 Å². The lowest BCUT2D eigenvalue weighted by atomic mass is 10.0. The minimum absolute atomic E-state index is 0.370. The van der Waals surface area contributed by atoms with Crippen LogP contribution in [0.2, 0.25) is 0 Å². The third-order valence-electron chi connectivity index (χ3n) is 2.70. The van der Waals surface area contributed by atoms with Crippen molar-refractivity contribution in [2.45, 2.75) is 51.4 Å². The van der Waals surface area contributed by atoms with Crippen LogP contribution >= 0.6 is 11.3 Å². The van der Waals surface area contributed by atoms with Gasteiger partial charge in [0.2, 0.25) is 0 Å². The number of nitrogens with one attached hydrogen (secondary N) is 1. The van der Waals surface area contributed by atoms with E-state index in [1.54, 1.807) is 31.5 Å². The standard InChI is InChI=1S/C15H18F3NO4S/c1-14(2,3)23-12(21)7-10(20)6-11(9-4-5-24-8-9)19-13(22)15(16,17)18/h4-5,8,11H,6-7H2,1-3H3,(H,19,22). The molecule has 1 N–H and O–H groups in total. The lowest BCUT2D eigenvalue weighted by Crippen LogP contribution is -2.39. The number of amides is 1. The number of carbonyl (C=O) groups is 3. The van der Waals surface area contributed by atoms with Crippen LogP contribution in [-0.4, -0.2) is 29.4 Å². The number of halogens is 3. The van der Waals surface area contributed by atoms with Crippen molar-refractivity contribution in [3.05, 3.63) is 22.4 Å². The van der Waals surface area contributed by atoms with E-state index in [9.17, 15) is 27.6 Å². The fourth-order valence-electron chi connectivity index (χ4n) is 1.80. The van der Waals surface area contributed by atoms with E-state index in [4.69, 9.17) is 4.74 Å². The van der Waals surface area contributed by atoms with E-state index in [1.165, 1.54) is 22.8 Å². The van der Waals surface area contributed by atoms with Crippen molar-refractivity contribution in [2.75, 3.05) is 0 Å². The predicted octanol–water partition coefficient (Wildman–Crippen LogP) is 3.16. The van der Waals surface area contributed by atoms with Crippen molar-refractivity contribution < 1.29 is 32.3 Å². The van der Waals surface area contributed by atoms with Gasteiger partial charge in [-0.2, -0.15) is 24.5 Å². The Hall–Kier alpha value is -1.90. The summed E-state index contributed by atoms with van der Waals surface area (Å²) in [7, 11) is 0. The lowest BCUT2D eigenvalue weighted by molar-refractivity contribution is -0.174. The SMILES string of the molecule is CC(C)(C)OC(=O)CC(=O)CC(NC(=O)C(F)(F)F)c1ccsc1. The maximum atomic E-state index is 12.4. The molecular weight excluding hydrogens is 347 g/mol. The monoisotopic (exact) mass is 365 g/mol. The summed E-state index contributed by atoms with van der Waals surface area (Å²) in [5.41, 5.74) is -0.399. The lowest BCUT2D eigenvalue weighted by Gasteiger charge is -2.20. The number of esters is 1. The van der Waals surface area contributed by atoms with Crippen molar-refractivity contribution in [1.82, 2.24) is 5.32 Å². The summed E-state index contributed by atoms with van der Waals surface area (Å²) in [4.78, 5) is 34.7. The Balaban J connectivity index is 2.74. The van der Waals surface area contributed by atoms with Gasteiger partial charge in [-0.15, -0.1) is 0 Å². The molecule has 1 rings (SSSR count). The van der Waals surface area contributed by atoms with E-state index in [-0.39, 0.29) is 0 Å². The summed E-state index contributed by atoms with van der Waals surface area (Å²) >= 11 is 1.22. The predicted molar refractivity (Wildman–Crippen MR) is 81.3 cm³/mol. The van der Waals surface area contributed by atoms with Crippen LogP contribution in [-0.2, 0) is 19.1 Å². The van der Waals surface area contributed by atoms with Crippen LogP contribution in [0, 0.1) is 0 Å². The fraction of sp³-hybridized carbons (Fsp3) is 0.533. The topological polar surface area (TPSA) is 72.5 Å². The molecule has 0 bridgehead atoms. The van der Waals surface area contributed by atoms with Crippen LogP contribution in [0.1, 0.15) is 45.2 Å². The largest absolute Gasteiger partial charge is 0.471 e. The van der Waals surface area contributed by atoms with Crippen LogP contribution in [0.5, 0.6) is 0 Å². The molecule has 0 aromatic carbocycles. The average molecular weight is 365 g/mol. The summed E-state index contributed by atoms with van der Waals surface area (Å²) in [6, 6.07) is 0.354. The minimum Gasteiger partial charge on any atom is -0.460 e. The molecule has 1 aromatic heterocycles. The van der Waals surface area contributed by atoms with Crippen molar-refractivity contribution in [3.8, 4) is 0 Å². The normalized spacial score (nSPS) is 13.2. The van der Waals surface area contributed by atoms with Crippen molar-refractivity contribution in [2.24, 2.45) is 0 Å². The Bertz CT molecular complexity index is 591. The first-order chi connectivity index (χ1) is 10.9. The molecule has 0 fully saturated rings. The summed E-state index contributed by atoms with van der Waals surface area (Å²) in [6.07, 6.45) is -6.06. The second kappa shape index (κ2) is 7.78. The van der Waals surface area contributed by atoms with E-state index >= 15 is 0 Å². The van der Waals surface area contributed by atoms with Crippen molar-refractivity contribution in [1.29, 1.82) is 0 Å². The van der Waals surface area contributed by atoms with Gasteiger partial charge in [0, 0.05) is 6.42 Å². The highest BCUT2D eigenvalue weighted by molar-refractivity contribution is 7.08. The fourth-order valence-corrected chi connectivity index (χ4v) is 2.52. The van der Waals surface area contributed by atoms with Gasteiger partial charge < -0.3 is 10.1 Å². The van der Waals surface area contributed by atoms with Gasteiger partial charge in [-0.25, -0.2) is 0 Å². The van der Waals surface area contributed by atoms with Crippen LogP contribution in [0.15, 0.2) is 16.8 Å². The van der Waals surface area contributed by atoms with Gasteiger partial charge in [0.1, 0.15) is 17.8 Å². The van der Waals surface area contributed by atoms with Crippen LogP contribution in [0.3, 0.4) is 0 Å². The maximum Gasteiger partial charge on any atom is 0.471 e. The van der Waals surface area contributed by atoms with Gasteiger partial charge in [-0.05, 0) is 43.2 Å². The Kier molecular flexibility index (Phi) is 6.53. The molecule has 0 radical (unpaired) electrons. The molecular formula is C15H18F3NO4S. The second-order valence-electron chi connectivity index (χ2n) is 6.09. The molecule has 9 heteroatoms. The number of alkyl halides is 3. The maximum absolute atomic E-state index is 12.4. The van der Waals surface area contributed by atoms with E-state index in [2.05, 4.69) is 0 Å². The molecule has 134 valence electrons. The third-order valence-corrected chi connectivity index (χ3v) is 3.40. The molecule has 0 saturated heterocycles. The molecule has 0 aliphatic heterocycles. The van der Waals surface area contributed by atoms with E-state index < -0.39 is 48.3 Å². The van der Waals surface area contributed by atoms with Gasteiger partial charge in [-0.1, -0.05) is 0 Å². The molecule has 5 nitrogen and oxygen atoms in total. The quantitative estimate of drug-likeness (QED) is 0.621. The molecule has 0 aliphatic carbocycles. The van der Waals surface area contributed by atoms with Crippen LogP contribution in [0.25, 0.3) is 0 Å². The molecule has 24 heavy (non-hydrogen) atoms. The first kappa shape index (κ1) is 20.1. The highest BCUT2D eigenvalue weighted by Gasteiger charge is 2.40. The number of thiophene rings is 1. The zero-order chi connectivity index (χ0) is 18.5. The smallest absolute Gasteiger partial charge is 0.460 e. The van der Waals surface area contributed by atoms with Gasteiger partial charge in [-0.3, -0.25) is 14.4 Å². The number of ketones is 1. The second-order valence-corrected chi connectivity index (χ2v) is 6.87. The summed E-state index contributed by atoms with van der Waals surface area (Å²) < 4.78 is 42.2. The van der Waals surface area contributed by atoms with Crippen LogP contribution < -0.4 is 5.32 Å². The molecule has 1 heterocycles. The number of hydrogen-bond donors (Lipinski definition) is 1. The number of hydrogen-bond acceptors (Lipinski definition) is 5. The van der Waals surface area contributed by atoms with Crippen molar-refractivity contribution in [3.63, 3.8) is 0 Å². The first-order valence-corrected chi connectivity index (χ1v) is 7.96. The number of ether oxygens (including phenoxy) is 1. The number of carbonyl (C=O) groups excluding carboxylic acids is 3. The average Bonchev–Trinajstić information content (AvgIpc) is 2.87.